The predicted molar refractivity (Wildman–Crippen MR) is 84.4 cm³/mol. The van der Waals surface area contributed by atoms with Gasteiger partial charge in [-0.3, -0.25) is 0 Å². The lowest BCUT2D eigenvalue weighted by molar-refractivity contribution is 0.566. The fourth-order valence-corrected chi connectivity index (χ4v) is 3.44. The van der Waals surface area contributed by atoms with E-state index in [2.05, 4.69) is 10.0 Å². The molecule has 0 fully saturated rings. The van der Waals surface area contributed by atoms with Crippen molar-refractivity contribution in [1.82, 2.24) is 10.0 Å². The van der Waals surface area contributed by atoms with Crippen LogP contribution in [0.15, 0.2) is 59.5 Å². The number of nitrogens with one attached hydrogen (secondary N) is 2. The fourth-order valence-electron chi connectivity index (χ4n) is 2.14. The Hall–Kier alpha value is -1.69. The summed E-state index contributed by atoms with van der Waals surface area (Å²) in [6.45, 7) is 2.47. The molecule has 0 aromatic heterocycles. The molecule has 2 aromatic carbocycles. The van der Waals surface area contributed by atoms with E-state index in [4.69, 9.17) is 0 Å². The molecular weight excluding hydrogens is 284 g/mol. The van der Waals surface area contributed by atoms with Crippen molar-refractivity contribution in [3.8, 4) is 0 Å². The normalized spacial score (nSPS) is 13.0. The quantitative estimate of drug-likeness (QED) is 0.862. The SMILES string of the molecule is CNCc1cccc(S(=O)(=O)NC(C)c2ccccc2)c1. The Morgan fingerprint density at radius 3 is 2.43 bits per heavy atom. The van der Waals surface area contributed by atoms with E-state index in [1.54, 1.807) is 18.2 Å². The maximum Gasteiger partial charge on any atom is 0.241 e. The van der Waals surface area contributed by atoms with Gasteiger partial charge in [0.1, 0.15) is 0 Å². The van der Waals surface area contributed by atoms with Gasteiger partial charge in [-0.15, -0.1) is 0 Å². The molecule has 0 spiro atoms. The second kappa shape index (κ2) is 6.85. The number of hydrogen-bond acceptors (Lipinski definition) is 3. The van der Waals surface area contributed by atoms with Crippen molar-refractivity contribution >= 4 is 10.0 Å². The van der Waals surface area contributed by atoms with Gasteiger partial charge < -0.3 is 5.32 Å². The summed E-state index contributed by atoms with van der Waals surface area (Å²) in [4.78, 5) is 0.290. The van der Waals surface area contributed by atoms with Crippen molar-refractivity contribution in [3.63, 3.8) is 0 Å². The Morgan fingerprint density at radius 2 is 1.76 bits per heavy atom. The highest BCUT2D eigenvalue weighted by atomic mass is 32.2. The van der Waals surface area contributed by atoms with Gasteiger partial charge in [-0.05, 0) is 37.2 Å². The third-order valence-electron chi connectivity index (χ3n) is 3.22. The smallest absolute Gasteiger partial charge is 0.241 e. The Morgan fingerprint density at radius 1 is 1.05 bits per heavy atom. The van der Waals surface area contributed by atoms with Gasteiger partial charge in [0.2, 0.25) is 10.0 Å². The monoisotopic (exact) mass is 304 g/mol. The van der Waals surface area contributed by atoms with Crippen molar-refractivity contribution < 1.29 is 8.42 Å². The van der Waals surface area contributed by atoms with Crippen LogP contribution < -0.4 is 10.0 Å². The Kier molecular flexibility index (Phi) is 5.12. The third-order valence-corrected chi connectivity index (χ3v) is 4.76. The molecule has 0 amide bonds. The maximum atomic E-state index is 12.4. The summed E-state index contributed by atoms with van der Waals surface area (Å²) in [5.74, 6) is 0. The molecule has 5 heteroatoms. The minimum atomic E-state index is -3.53. The summed E-state index contributed by atoms with van der Waals surface area (Å²) in [5, 5.41) is 3.01. The first-order chi connectivity index (χ1) is 10.0. The van der Waals surface area contributed by atoms with E-state index in [9.17, 15) is 8.42 Å². The van der Waals surface area contributed by atoms with Gasteiger partial charge in [0.15, 0.2) is 0 Å². The van der Waals surface area contributed by atoms with Crippen LogP contribution in [-0.2, 0) is 16.6 Å². The van der Waals surface area contributed by atoms with E-state index in [0.717, 1.165) is 11.1 Å². The summed E-state index contributed by atoms with van der Waals surface area (Å²) in [7, 11) is -1.70. The van der Waals surface area contributed by atoms with E-state index in [-0.39, 0.29) is 10.9 Å². The van der Waals surface area contributed by atoms with E-state index in [1.807, 2.05) is 50.4 Å². The van der Waals surface area contributed by atoms with E-state index in [0.29, 0.717) is 6.54 Å². The standard InChI is InChI=1S/C16H20N2O2S/c1-13(15-8-4-3-5-9-15)18-21(19,20)16-10-6-7-14(11-16)12-17-2/h3-11,13,17-18H,12H2,1-2H3. The topological polar surface area (TPSA) is 58.2 Å². The van der Waals surface area contributed by atoms with Crippen LogP contribution in [0.3, 0.4) is 0 Å². The molecule has 0 saturated carbocycles. The highest BCUT2D eigenvalue weighted by Gasteiger charge is 2.18. The average Bonchev–Trinajstić information content (AvgIpc) is 2.48. The van der Waals surface area contributed by atoms with Crippen molar-refractivity contribution in [1.29, 1.82) is 0 Å². The molecule has 0 bridgehead atoms. The van der Waals surface area contributed by atoms with Crippen LogP contribution in [0, 0.1) is 0 Å². The number of benzene rings is 2. The van der Waals surface area contributed by atoms with E-state index in [1.165, 1.54) is 0 Å². The molecule has 21 heavy (non-hydrogen) atoms. The average molecular weight is 304 g/mol. The molecule has 1 atom stereocenters. The van der Waals surface area contributed by atoms with Crippen molar-refractivity contribution in [2.75, 3.05) is 7.05 Å². The van der Waals surface area contributed by atoms with E-state index < -0.39 is 10.0 Å². The molecule has 0 aliphatic heterocycles. The molecule has 0 aliphatic rings. The zero-order valence-corrected chi connectivity index (χ0v) is 13.0. The minimum Gasteiger partial charge on any atom is -0.316 e. The summed E-state index contributed by atoms with van der Waals surface area (Å²) >= 11 is 0. The minimum absolute atomic E-state index is 0.274. The van der Waals surface area contributed by atoms with Crippen LogP contribution in [0.25, 0.3) is 0 Å². The zero-order chi connectivity index (χ0) is 15.3. The fraction of sp³-hybridized carbons (Fsp3) is 0.250. The lowest BCUT2D eigenvalue weighted by Crippen LogP contribution is -2.27. The first kappa shape index (κ1) is 15.7. The number of rotatable bonds is 6. The molecule has 112 valence electrons. The Labute approximate surface area is 126 Å². The zero-order valence-electron chi connectivity index (χ0n) is 12.2. The molecule has 1 unspecified atom stereocenters. The van der Waals surface area contributed by atoms with Crippen LogP contribution in [0.1, 0.15) is 24.1 Å². The molecule has 2 rings (SSSR count). The Bertz CT molecular complexity index is 684. The molecule has 0 aliphatic carbocycles. The summed E-state index contributed by atoms with van der Waals surface area (Å²) in [6, 6.07) is 16.2. The molecular formula is C16H20N2O2S. The van der Waals surface area contributed by atoms with Crippen LogP contribution in [0.4, 0.5) is 0 Å². The van der Waals surface area contributed by atoms with Crippen LogP contribution in [0.2, 0.25) is 0 Å². The maximum absolute atomic E-state index is 12.4. The second-order valence-corrected chi connectivity index (χ2v) is 6.65. The van der Waals surface area contributed by atoms with Gasteiger partial charge >= 0.3 is 0 Å². The summed E-state index contributed by atoms with van der Waals surface area (Å²) < 4.78 is 27.6. The largest absolute Gasteiger partial charge is 0.316 e. The molecule has 0 saturated heterocycles. The van der Waals surface area contributed by atoms with Crippen LogP contribution >= 0.6 is 0 Å². The summed E-state index contributed by atoms with van der Waals surface area (Å²) in [6.07, 6.45) is 0. The number of hydrogen-bond donors (Lipinski definition) is 2. The lowest BCUT2D eigenvalue weighted by atomic mass is 10.1. The van der Waals surface area contributed by atoms with Crippen molar-refractivity contribution in [3.05, 3.63) is 65.7 Å². The molecule has 2 aromatic rings. The molecule has 0 radical (unpaired) electrons. The number of sulfonamides is 1. The molecule has 4 nitrogen and oxygen atoms in total. The van der Waals surface area contributed by atoms with Gasteiger partial charge in [0, 0.05) is 12.6 Å². The predicted octanol–water partition coefficient (Wildman–Crippen LogP) is 2.45. The highest BCUT2D eigenvalue weighted by molar-refractivity contribution is 7.89. The van der Waals surface area contributed by atoms with Crippen molar-refractivity contribution in [2.45, 2.75) is 24.4 Å². The Balaban J connectivity index is 2.20. The van der Waals surface area contributed by atoms with Crippen molar-refractivity contribution in [2.24, 2.45) is 0 Å². The van der Waals surface area contributed by atoms with Crippen LogP contribution in [0.5, 0.6) is 0 Å². The van der Waals surface area contributed by atoms with E-state index >= 15 is 0 Å². The van der Waals surface area contributed by atoms with Gasteiger partial charge in [-0.25, -0.2) is 13.1 Å². The summed E-state index contributed by atoms with van der Waals surface area (Å²) in [5.41, 5.74) is 1.88. The van der Waals surface area contributed by atoms with Gasteiger partial charge in [-0.2, -0.15) is 0 Å². The molecule has 2 N–H and O–H groups in total. The van der Waals surface area contributed by atoms with Crippen LogP contribution in [-0.4, -0.2) is 15.5 Å². The first-order valence-electron chi connectivity index (χ1n) is 6.84. The van der Waals surface area contributed by atoms with Gasteiger partial charge in [-0.1, -0.05) is 42.5 Å². The third kappa shape index (κ3) is 4.14. The van der Waals surface area contributed by atoms with Gasteiger partial charge in [0.25, 0.3) is 0 Å². The first-order valence-corrected chi connectivity index (χ1v) is 8.32. The van der Waals surface area contributed by atoms with Gasteiger partial charge in [0.05, 0.1) is 4.90 Å². The molecule has 0 heterocycles. The second-order valence-electron chi connectivity index (χ2n) is 4.93. The highest BCUT2D eigenvalue weighted by Crippen LogP contribution is 2.17. The lowest BCUT2D eigenvalue weighted by Gasteiger charge is -2.15.